The van der Waals surface area contributed by atoms with Gasteiger partial charge < -0.3 is 9.64 Å². The molecule has 0 atom stereocenters. The summed E-state index contributed by atoms with van der Waals surface area (Å²) in [7, 11) is 0. The second-order valence-electron chi connectivity index (χ2n) is 4.80. The SMILES string of the molecule is C/C=C/c1ccc(OCC(=O)N2CCCCC2)cc1. The highest BCUT2D eigenvalue weighted by atomic mass is 16.5. The number of benzene rings is 1. The normalized spacial score (nSPS) is 15.7. The van der Waals surface area contributed by atoms with Gasteiger partial charge >= 0.3 is 0 Å². The van der Waals surface area contributed by atoms with E-state index >= 15 is 0 Å². The van der Waals surface area contributed by atoms with Gasteiger partial charge in [0.2, 0.25) is 0 Å². The number of hydrogen-bond donors (Lipinski definition) is 0. The number of hydrogen-bond acceptors (Lipinski definition) is 2. The van der Waals surface area contributed by atoms with Crippen molar-refractivity contribution >= 4 is 12.0 Å². The summed E-state index contributed by atoms with van der Waals surface area (Å²) in [5.41, 5.74) is 1.14. The molecule has 1 heterocycles. The Balaban J connectivity index is 1.82. The van der Waals surface area contributed by atoms with Crippen molar-refractivity contribution in [2.45, 2.75) is 26.2 Å². The van der Waals surface area contributed by atoms with Crippen LogP contribution in [-0.4, -0.2) is 30.5 Å². The molecule has 1 amide bonds. The third kappa shape index (κ3) is 4.12. The van der Waals surface area contributed by atoms with E-state index in [1.54, 1.807) is 0 Å². The van der Waals surface area contributed by atoms with Gasteiger partial charge in [-0.15, -0.1) is 0 Å². The van der Waals surface area contributed by atoms with Crippen LogP contribution < -0.4 is 4.74 Å². The summed E-state index contributed by atoms with van der Waals surface area (Å²) in [6, 6.07) is 7.78. The molecule has 3 heteroatoms. The molecule has 3 nitrogen and oxygen atoms in total. The molecule has 0 spiro atoms. The fourth-order valence-electron chi connectivity index (χ4n) is 2.25. The lowest BCUT2D eigenvalue weighted by atomic mass is 10.1. The van der Waals surface area contributed by atoms with Crippen LogP contribution >= 0.6 is 0 Å². The third-order valence-electron chi connectivity index (χ3n) is 3.31. The van der Waals surface area contributed by atoms with E-state index in [0.717, 1.165) is 37.2 Å². The second-order valence-corrected chi connectivity index (χ2v) is 4.80. The van der Waals surface area contributed by atoms with Crippen molar-refractivity contribution in [1.82, 2.24) is 4.90 Å². The maximum Gasteiger partial charge on any atom is 0.260 e. The molecular weight excluding hydrogens is 238 g/mol. The molecular formula is C16H21NO2. The summed E-state index contributed by atoms with van der Waals surface area (Å²) in [6.07, 6.45) is 7.49. The van der Waals surface area contributed by atoms with Crippen molar-refractivity contribution in [2.24, 2.45) is 0 Å². The minimum Gasteiger partial charge on any atom is -0.484 e. The second kappa shape index (κ2) is 6.98. The number of carbonyl (C=O) groups excluding carboxylic acids is 1. The Morgan fingerprint density at radius 2 is 1.89 bits per heavy atom. The number of carbonyl (C=O) groups is 1. The van der Waals surface area contributed by atoms with Crippen LogP contribution in [0.4, 0.5) is 0 Å². The number of nitrogens with zero attached hydrogens (tertiary/aromatic N) is 1. The van der Waals surface area contributed by atoms with Crippen LogP contribution in [0.1, 0.15) is 31.7 Å². The highest BCUT2D eigenvalue weighted by molar-refractivity contribution is 5.77. The minimum absolute atomic E-state index is 0.0947. The van der Waals surface area contributed by atoms with Crippen molar-refractivity contribution in [1.29, 1.82) is 0 Å². The molecule has 0 N–H and O–H groups in total. The molecule has 0 aliphatic carbocycles. The summed E-state index contributed by atoms with van der Waals surface area (Å²) in [4.78, 5) is 13.8. The van der Waals surface area contributed by atoms with E-state index in [1.165, 1.54) is 6.42 Å². The van der Waals surface area contributed by atoms with E-state index < -0.39 is 0 Å². The number of rotatable bonds is 4. The Hall–Kier alpha value is -1.77. The first-order chi connectivity index (χ1) is 9.29. The maximum absolute atomic E-state index is 11.9. The zero-order valence-corrected chi connectivity index (χ0v) is 11.5. The van der Waals surface area contributed by atoms with Crippen LogP contribution in [0.5, 0.6) is 5.75 Å². The van der Waals surface area contributed by atoms with Crippen molar-refractivity contribution in [3.8, 4) is 5.75 Å². The highest BCUT2D eigenvalue weighted by Gasteiger charge is 2.16. The van der Waals surface area contributed by atoms with Gasteiger partial charge in [-0.2, -0.15) is 0 Å². The Labute approximate surface area is 114 Å². The first-order valence-electron chi connectivity index (χ1n) is 6.93. The molecule has 1 aliphatic rings. The van der Waals surface area contributed by atoms with E-state index in [0.29, 0.717) is 0 Å². The Morgan fingerprint density at radius 1 is 1.21 bits per heavy atom. The lowest BCUT2D eigenvalue weighted by Crippen LogP contribution is -2.38. The van der Waals surface area contributed by atoms with E-state index in [2.05, 4.69) is 0 Å². The maximum atomic E-state index is 11.9. The van der Waals surface area contributed by atoms with Crippen molar-refractivity contribution in [3.05, 3.63) is 35.9 Å². The van der Waals surface area contributed by atoms with E-state index in [-0.39, 0.29) is 12.5 Å². The molecule has 0 radical (unpaired) electrons. The smallest absolute Gasteiger partial charge is 0.260 e. The topological polar surface area (TPSA) is 29.5 Å². The van der Waals surface area contributed by atoms with Gasteiger partial charge in [0.1, 0.15) is 5.75 Å². The molecule has 0 saturated carbocycles. The minimum atomic E-state index is 0.0947. The van der Waals surface area contributed by atoms with E-state index in [4.69, 9.17) is 4.74 Å². The van der Waals surface area contributed by atoms with Crippen LogP contribution in [0.3, 0.4) is 0 Å². The predicted molar refractivity (Wildman–Crippen MR) is 77.1 cm³/mol. The molecule has 0 unspecified atom stereocenters. The molecule has 1 aromatic rings. The van der Waals surface area contributed by atoms with Gasteiger partial charge in [0.05, 0.1) is 0 Å². The summed E-state index contributed by atoms with van der Waals surface area (Å²) in [5, 5.41) is 0. The molecule has 1 aliphatic heterocycles. The van der Waals surface area contributed by atoms with Gasteiger partial charge in [-0.25, -0.2) is 0 Å². The summed E-state index contributed by atoms with van der Waals surface area (Å²) in [6.45, 7) is 3.88. The molecule has 2 rings (SSSR count). The third-order valence-corrected chi connectivity index (χ3v) is 3.31. The molecule has 102 valence electrons. The summed E-state index contributed by atoms with van der Waals surface area (Å²) >= 11 is 0. The molecule has 0 bridgehead atoms. The first-order valence-corrected chi connectivity index (χ1v) is 6.93. The van der Waals surface area contributed by atoms with E-state index in [9.17, 15) is 4.79 Å². The van der Waals surface area contributed by atoms with Crippen LogP contribution in [-0.2, 0) is 4.79 Å². The molecule has 0 aromatic heterocycles. The van der Waals surface area contributed by atoms with E-state index in [1.807, 2.05) is 48.2 Å². The number of likely N-dealkylation sites (tertiary alicyclic amines) is 1. The Morgan fingerprint density at radius 3 is 2.53 bits per heavy atom. The fraction of sp³-hybridized carbons (Fsp3) is 0.438. The Bertz CT molecular complexity index is 431. The summed E-state index contributed by atoms with van der Waals surface area (Å²) < 4.78 is 5.54. The number of piperidine rings is 1. The van der Waals surface area contributed by atoms with Crippen LogP contribution in [0.2, 0.25) is 0 Å². The lowest BCUT2D eigenvalue weighted by molar-refractivity contribution is -0.134. The number of allylic oxidation sites excluding steroid dienone is 1. The van der Waals surface area contributed by atoms with Crippen molar-refractivity contribution in [2.75, 3.05) is 19.7 Å². The summed E-state index contributed by atoms with van der Waals surface area (Å²) in [5.74, 6) is 0.843. The van der Waals surface area contributed by atoms with Gasteiger partial charge in [0, 0.05) is 13.1 Å². The van der Waals surface area contributed by atoms with Crippen LogP contribution in [0.25, 0.3) is 6.08 Å². The predicted octanol–water partition coefficient (Wildman–Crippen LogP) is 3.11. The van der Waals surface area contributed by atoms with Crippen molar-refractivity contribution < 1.29 is 9.53 Å². The van der Waals surface area contributed by atoms with Crippen molar-refractivity contribution in [3.63, 3.8) is 0 Å². The van der Waals surface area contributed by atoms with Crippen LogP contribution in [0.15, 0.2) is 30.3 Å². The zero-order chi connectivity index (χ0) is 13.5. The quantitative estimate of drug-likeness (QED) is 0.831. The average Bonchev–Trinajstić information content (AvgIpc) is 2.47. The monoisotopic (exact) mass is 259 g/mol. The van der Waals surface area contributed by atoms with Gasteiger partial charge in [0.15, 0.2) is 6.61 Å². The van der Waals surface area contributed by atoms with Gasteiger partial charge in [0.25, 0.3) is 5.91 Å². The van der Waals surface area contributed by atoms with Gasteiger partial charge in [-0.3, -0.25) is 4.79 Å². The molecule has 1 fully saturated rings. The van der Waals surface area contributed by atoms with Gasteiger partial charge in [-0.1, -0.05) is 24.3 Å². The fourth-order valence-corrected chi connectivity index (χ4v) is 2.25. The zero-order valence-electron chi connectivity index (χ0n) is 11.5. The van der Waals surface area contributed by atoms with Crippen LogP contribution in [0, 0.1) is 0 Å². The lowest BCUT2D eigenvalue weighted by Gasteiger charge is -2.26. The number of amides is 1. The standard InChI is InChI=1S/C16H21NO2/c1-2-6-14-7-9-15(10-8-14)19-13-16(18)17-11-4-3-5-12-17/h2,6-10H,3-5,11-13H2,1H3/b6-2+. The first kappa shape index (κ1) is 13.7. The number of ether oxygens (including phenoxy) is 1. The highest BCUT2D eigenvalue weighted by Crippen LogP contribution is 2.14. The molecule has 1 saturated heterocycles. The molecule has 19 heavy (non-hydrogen) atoms. The average molecular weight is 259 g/mol. The van der Waals surface area contributed by atoms with Gasteiger partial charge in [-0.05, 0) is 43.9 Å². The largest absolute Gasteiger partial charge is 0.484 e. The Kier molecular flexibility index (Phi) is 5.01. The molecule has 1 aromatic carbocycles.